The van der Waals surface area contributed by atoms with Gasteiger partial charge in [0.25, 0.3) is 0 Å². The smallest absolute Gasteiger partial charge is 0.312 e. The van der Waals surface area contributed by atoms with Gasteiger partial charge in [0, 0.05) is 22.7 Å². The van der Waals surface area contributed by atoms with Crippen LogP contribution in [0.3, 0.4) is 0 Å². The van der Waals surface area contributed by atoms with Crippen LogP contribution in [-0.4, -0.2) is 41.1 Å². The third kappa shape index (κ3) is 3.07. The van der Waals surface area contributed by atoms with Crippen molar-refractivity contribution in [1.29, 1.82) is 0 Å². The summed E-state index contributed by atoms with van der Waals surface area (Å²) in [5, 5.41) is 1.04. The fourth-order valence-electron chi connectivity index (χ4n) is 10.5. The van der Waals surface area contributed by atoms with Crippen molar-refractivity contribution in [2.24, 2.45) is 35.0 Å². The summed E-state index contributed by atoms with van der Waals surface area (Å²) >= 11 is 0. The molecule has 7 aliphatic rings. The van der Waals surface area contributed by atoms with Crippen LogP contribution in [0.4, 0.5) is 0 Å². The predicted octanol–water partition coefficient (Wildman–Crippen LogP) is 6.08. The molecule has 0 radical (unpaired) electrons. The number of rotatable bonds is 6. The van der Waals surface area contributed by atoms with E-state index in [2.05, 4.69) is 34.7 Å². The highest BCUT2D eigenvalue weighted by Crippen LogP contribution is 2.66. The zero-order chi connectivity index (χ0) is 24.9. The number of hydrogen-bond acceptors (Lipinski definition) is 5. The van der Waals surface area contributed by atoms with E-state index in [1.807, 2.05) is 18.3 Å². The zero-order valence-corrected chi connectivity index (χ0v) is 21.9. The monoisotopic (exact) mass is 498 g/mol. The Kier molecular flexibility index (Phi) is 4.77. The Morgan fingerprint density at radius 3 is 2.57 bits per heavy atom. The second kappa shape index (κ2) is 7.81. The van der Waals surface area contributed by atoms with Crippen LogP contribution in [0, 0.1) is 35.0 Å². The standard InChI is InChI=1S/C32H38N2O3/c1-3-22-17-32-18-28(34(32)9-7-26(22)32)29(24-6-8-33-27-5-4-23(36-2)13-25(24)27)37-30(35)31-14-19-10-20(15-31)12-21(11-19)16-31/h3-6,8,13,19-22,26,28-29H,1,7,9-12,14-18H2,2H3. The van der Waals surface area contributed by atoms with Crippen LogP contribution >= 0.6 is 0 Å². The predicted molar refractivity (Wildman–Crippen MR) is 142 cm³/mol. The third-order valence-corrected chi connectivity index (χ3v) is 11.7. The first-order valence-electron chi connectivity index (χ1n) is 14.5. The summed E-state index contributed by atoms with van der Waals surface area (Å²) < 4.78 is 12.4. The summed E-state index contributed by atoms with van der Waals surface area (Å²) in [6.07, 6.45) is 14.4. The Balaban J connectivity index is 1.16. The van der Waals surface area contributed by atoms with Gasteiger partial charge in [0.1, 0.15) is 11.9 Å². The number of hydrogen-bond donors (Lipinski definition) is 0. The second-order valence-electron chi connectivity index (χ2n) is 13.4. The largest absolute Gasteiger partial charge is 0.497 e. The molecule has 1 aromatic carbocycles. The number of methoxy groups -OCH3 is 1. The van der Waals surface area contributed by atoms with Crippen molar-refractivity contribution in [3.63, 3.8) is 0 Å². The van der Waals surface area contributed by atoms with Crippen LogP contribution in [0.25, 0.3) is 10.9 Å². The van der Waals surface area contributed by atoms with E-state index in [4.69, 9.17) is 9.47 Å². The Hall–Kier alpha value is -2.40. The summed E-state index contributed by atoms with van der Waals surface area (Å²) in [6, 6.07) is 8.37. The highest BCUT2D eigenvalue weighted by Gasteiger charge is 2.69. The molecule has 2 saturated heterocycles. The van der Waals surface area contributed by atoms with E-state index in [-0.39, 0.29) is 23.5 Å². The van der Waals surface area contributed by atoms with Crippen LogP contribution in [0.15, 0.2) is 43.1 Å². The SMILES string of the molecule is C=CC1CC23CC(C(OC(=O)C45CC6CC(CC(C6)C4)C5)c4ccnc5ccc(OC)cc45)N2CCC13. The second-order valence-corrected chi connectivity index (χ2v) is 13.4. The number of ether oxygens (including phenoxy) is 2. The average molecular weight is 499 g/mol. The summed E-state index contributed by atoms with van der Waals surface area (Å²) in [5.74, 6) is 4.42. The van der Waals surface area contributed by atoms with E-state index in [9.17, 15) is 4.79 Å². The van der Waals surface area contributed by atoms with Crippen molar-refractivity contribution < 1.29 is 14.3 Å². The Morgan fingerprint density at radius 1 is 1.11 bits per heavy atom. The minimum absolute atomic E-state index is 0.0822. The number of aromatic nitrogens is 1. The molecule has 5 nitrogen and oxygen atoms in total. The molecule has 9 rings (SSSR count). The van der Waals surface area contributed by atoms with Gasteiger partial charge >= 0.3 is 5.97 Å². The number of esters is 1. The van der Waals surface area contributed by atoms with Crippen LogP contribution in [-0.2, 0) is 9.53 Å². The molecule has 2 aromatic rings. The lowest BCUT2D eigenvalue weighted by Gasteiger charge is -2.66. The minimum atomic E-state index is -0.273. The fraction of sp³-hybridized carbons (Fsp3) is 0.625. The first kappa shape index (κ1) is 22.6. The summed E-state index contributed by atoms with van der Waals surface area (Å²) in [7, 11) is 1.70. The first-order chi connectivity index (χ1) is 18.0. The molecule has 5 aliphatic carbocycles. The molecule has 1 aromatic heterocycles. The summed E-state index contributed by atoms with van der Waals surface area (Å²) in [5.41, 5.74) is 2.06. The van der Waals surface area contributed by atoms with Crippen molar-refractivity contribution in [2.75, 3.05) is 13.7 Å². The van der Waals surface area contributed by atoms with Gasteiger partial charge < -0.3 is 9.47 Å². The maximum Gasteiger partial charge on any atom is 0.312 e. The molecule has 4 bridgehead atoms. The van der Waals surface area contributed by atoms with E-state index in [0.717, 1.165) is 78.1 Å². The molecular weight excluding hydrogens is 460 g/mol. The molecule has 5 heteroatoms. The number of nitrogens with zero attached hydrogens (tertiary/aromatic N) is 2. The topological polar surface area (TPSA) is 51.7 Å². The minimum Gasteiger partial charge on any atom is -0.497 e. The molecule has 1 spiro atoms. The maximum absolute atomic E-state index is 14.2. The molecule has 0 N–H and O–H groups in total. The van der Waals surface area contributed by atoms with Gasteiger partial charge in [0.15, 0.2) is 0 Å². The van der Waals surface area contributed by atoms with Gasteiger partial charge in [-0.15, -0.1) is 6.58 Å². The van der Waals surface area contributed by atoms with E-state index in [1.165, 1.54) is 32.1 Å². The Morgan fingerprint density at radius 2 is 1.86 bits per heavy atom. The van der Waals surface area contributed by atoms with Gasteiger partial charge in [-0.05, 0) is 118 Å². The van der Waals surface area contributed by atoms with Crippen LogP contribution in [0.5, 0.6) is 5.75 Å². The van der Waals surface area contributed by atoms with Gasteiger partial charge in [0.2, 0.25) is 0 Å². The number of benzene rings is 1. The Bertz CT molecular complexity index is 1250. The highest BCUT2D eigenvalue weighted by atomic mass is 16.5. The van der Waals surface area contributed by atoms with Gasteiger partial charge in [0.05, 0.1) is 24.1 Å². The maximum atomic E-state index is 14.2. The van der Waals surface area contributed by atoms with Crippen molar-refractivity contribution in [2.45, 2.75) is 75.5 Å². The lowest BCUT2D eigenvalue weighted by atomic mass is 9.49. The molecule has 7 fully saturated rings. The van der Waals surface area contributed by atoms with Gasteiger partial charge in [-0.1, -0.05) is 6.08 Å². The average Bonchev–Trinajstić information content (AvgIpc) is 3.08. The quantitative estimate of drug-likeness (QED) is 0.357. The molecule has 2 aliphatic heterocycles. The molecular formula is C32H38N2O3. The van der Waals surface area contributed by atoms with Crippen molar-refractivity contribution in [3.05, 3.63) is 48.7 Å². The number of allylic oxidation sites excluding steroid dienone is 1. The normalized spacial score (nSPS) is 41.9. The van der Waals surface area contributed by atoms with Crippen LogP contribution in [0.2, 0.25) is 0 Å². The van der Waals surface area contributed by atoms with Crippen molar-refractivity contribution >= 4 is 16.9 Å². The van der Waals surface area contributed by atoms with E-state index < -0.39 is 0 Å². The first-order valence-corrected chi connectivity index (χ1v) is 14.5. The Labute approximate surface area is 219 Å². The van der Waals surface area contributed by atoms with E-state index >= 15 is 0 Å². The zero-order valence-electron chi connectivity index (χ0n) is 21.9. The lowest BCUT2D eigenvalue weighted by Crippen LogP contribution is -2.72. The summed E-state index contributed by atoms with van der Waals surface area (Å²) in [4.78, 5) is 21.6. The highest BCUT2D eigenvalue weighted by molar-refractivity contribution is 5.85. The molecule has 5 unspecified atom stereocenters. The summed E-state index contributed by atoms with van der Waals surface area (Å²) in [6.45, 7) is 5.19. The number of pyridine rings is 1. The molecule has 194 valence electrons. The van der Waals surface area contributed by atoms with Gasteiger partial charge in [-0.2, -0.15) is 0 Å². The van der Waals surface area contributed by atoms with Gasteiger partial charge in [-0.25, -0.2) is 0 Å². The lowest BCUT2D eigenvalue weighted by molar-refractivity contribution is -0.202. The van der Waals surface area contributed by atoms with Gasteiger partial charge in [-0.3, -0.25) is 14.7 Å². The fourth-order valence-corrected chi connectivity index (χ4v) is 10.5. The number of fused-ring (bicyclic) bond motifs is 1. The molecule has 5 atom stereocenters. The number of carbonyl (C=O) groups excluding carboxylic acids is 1. The van der Waals surface area contributed by atoms with Crippen LogP contribution in [0.1, 0.15) is 69.5 Å². The van der Waals surface area contributed by atoms with Crippen molar-refractivity contribution in [1.82, 2.24) is 9.88 Å². The molecule has 5 saturated carbocycles. The molecule has 0 amide bonds. The van der Waals surface area contributed by atoms with E-state index in [1.54, 1.807) is 7.11 Å². The number of carbonyl (C=O) groups is 1. The van der Waals surface area contributed by atoms with E-state index in [0.29, 0.717) is 11.5 Å². The van der Waals surface area contributed by atoms with Crippen LogP contribution < -0.4 is 4.74 Å². The van der Waals surface area contributed by atoms with Crippen molar-refractivity contribution in [3.8, 4) is 5.75 Å². The molecule has 37 heavy (non-hydrogen) atoms. The third-order valence-electron chi connectivity index (χ3n) is 11.7. The molecule has 3 heterocycles.